The summed E-state index contributed by atoms with van der Waals surface area (Å²) < 4.78 is 18.3. The van der Waals surface area contributed by atoms with Crippen LogP contribution in [0.1, 0.15) is 30.9 Å². The standard InChI is InChI=1S/C16H19FN2O2/c17-13-3-1-12(2-4-13)16-14(10-18-19-16)15(20)9-11-5-7-21-8-6-11/h1-4,10-11,15,20H,5-9H2,(H,18,19). The first kappa shape index (κ1) is 14.2. The van der Waals surface area contributed by atoms with Crippen molar-refractivity contribution in [3.05, 3.63) is 41.8 Å². The largest absolute Gasteiger partial charge is 0.388 e. The van der Waals surface area contributed by atoms with Gasteiger partial charge in [0.25, 0.3) is 0 Å². The maximum absolute atomic E-state index is 13.0. The van der Waals surface area contributed by atoms with Gasteiger partial charge < -0.3 is 9.84 Å². The smallest absolute Gasteiger partial charge is 0.123 e. The second kappa shape index (κ2) is 6.37. The third-order valence-corrected chi connectivity index (χ3v) is 4.06. The minimum absolute atomic E-state index is 0.275. The summed E-state index contributed by atoms with van der Waals surface area (Å²) >= 11 is 0. The molecule has 0 spiro atoms. The first-order chi connectivity index (χ1) is 10.2. The molecule has 0 radical (unpaired) electrons. The van der Waals surface area contributed by atoms with Crippen LogP contribution in [-0.4, -0.2) is 28.5 Å². The molecule has 4 nitrogen and oxygen atoms in total. The van der Waals surface area contributed by atoms with Crippen molar-refractivity contribution in [2.45, 2.75) is 25.4 Å². The topological polar surface area (TPSA) is 58.1 Å². The number of benzene rings is 1. The maximum atomic E-state index is 13.0. The fourth-order valence-corrected chi connectivity index (χ4v) is 2.82. The van der Waals surface area contributed by atoms with Gasteiger partial charge in [-0.25, -0.2) is 4.39 Å². The van der Waals surface area contributed by atoms with Gasteiger partial charge >= 0.3 is 0 Å². The van der Waals surface area contributed by atoms with Crippen LogP contribution in [0.5, 0.6) is 0 Å². The first-order valence-corrected chi connectivity index (χ1v) is 7.29. The monoisotopic (exact) mass is 290 g/mol. The molecule has 0 bridgehead atoms. The van der Waals surface area contributed by atoms with Crippen LogP contribution in [-0.2, 0) is 4.74 Å². The van der Waals surface area contributed by atoms with Gasteiger partial charge in [0.15, 0.2) is 0 Å². The quantitative estimate of drug-likeness (QED) is 0.910. The Kier molecular flexibility index (Phi) is 4.31. The van der Waals surface area contributed by atoms with Gasteiger partial charge in [0.2, 0.25) is 0 Å². The molecule has 0 amide bonds. The van der Waals surface area contributed by atoms with Crippen molar-refractivity contribution in [1.29, 1.82) is 0 Å². The number of nitrogens with one attached hydrogen (secondary N) is 1. The van der Waals surface area contributed by atoms with Crippen molar-refractivity contribution in [3.63, 3.8) is 0 Å². The number of halogens is 1. The second-order valence-electron chi connectivity index (χ2n) is 5.51. The van der Waals surface area contributed by atoms with Crippen molar-refractivity contribution in [1.82, 2.24) is 10.2 Å². The number of rotatable bonds is 4. The Balaban J connectivity index is 1.76. The fraction of sp³-hybridized carbons (Fsp3) is 0.438. The van der Waals surface area contributed by atoms with Crippen molar-refractivity contribution in [2.24, 2.45) is 5.92 Å². The number of aromatic amines is 1. The molecule has 0 saturated carbocycles. The molecule has 1 aromatic carbocycles. The highest BCUT2D eigenvalue weighted by molar-refractivity contribution is 5.62. The summed E-state index contributed by atoms with van der Waals surface area (Å²) in [6.07, 6.45) is 3.77. The van der Waals surface area contributed by atoms with E-state index in [0.717, 1.165) is 42.9 Å². The van der Waals surface area contributed by atoms with Crippen LogP contribution >= 0.6 is 0 Å². The van der Waals surface area contributed by atoms with Crippen molar-refractivity contribution < 1.29 is 14.2 Å². The van der Waals surface area contributed by atoms with Gasteiger partial charge in [0, 0.05) is 24.3 Å². The lowest BCUT2D eigenvalue weighted by molar-refractivity contribution is 0.0436. The summed E-state index contributed by atoms with van der Waals surface area (Å²) in [7, 11) is 0. The van der Waals surface area contributed by atoms with Crippen molar-refractivity contribution in [3.8, 4) is 11.3 Å². The molecular weight excluding hydrogens is 271 g/mol. The van der Waals surface area contributed by atoms with E-state index in [1.807, 2.05) is 0 Å². The van der Waals surface area contributed by atoms with E-state index < -0.39 is 6.10 Å². The van der Waals surface area contributed by atoms with Crippen LogP contribution in [0, 0.1) is 11.7 Å². The Bertz CT molecular complexity index is 576. The predicted molar refractivity (Wildman–Crippen MR) is 77.1 cm³/mol. The Morgan fingerprint density at radius 1 is 1.29 bits per heavy atom. The molecule has 5 heteroatoms. The Morgan fingerprint density at radius 2 is 2.00 bits per heavy atom. The molecule has 3 rings (SSSR count). The minimum atomic E-state index is -0.563. The van der Waals surface area contributed by atoms with Gasteiger partial charge in [-0.05, 0) is 49.4 Å². The number of hydrogen-bond acceptors (Lipinski definition) is 3. The van der Waals surface area contributed by atoms with Crippen LogP contribution in [0.4, 0.5) is 4.39 Å². The van der Waals surface area contributed by atoms with Crippen LogP contribution in [0.15, 0.2) is 30.5 Å². The molecule has 2 heterocycles. The highest BCUT2D eigenvalue weighted by atomic mass is 19.1. The highest BCUT2D eigenvalue weighted by Gasteiger charge is 2.22. The van der Waals surface area contributed by atoms with E-state index in [9.17, 15) is 9.50 Å². The zero-order chi connectivity index (χ0) is 14.7. The van der Waals surface area contributed by atoms with E-state index in [-0.39, 0.29) is 5.82 Å². The molecule has 1 aliphatic rings. The molecule has 0 aliphatic carbocycles. The number of ether oxygens (including phenoxy) is 1. The number of aromatic nitrogens is 2. The average molecular weight is 290 g/mol. The number of H-pyrrole nitrogens is 1. The molecule has 2 N–H and O–H groups in total. The zero-order valence-electron chi connectivity index (χ0n) is 11.8. The molecule has 1 fully saturated rings. The summed E-state index contributed by atoms with van der Waals surface area (Å²) in [4.78, 5) is 0. The first-order valence-electron chi connectivity index (χ1n) is 7.29. The van der Waals surface area contributed by atoms with E-state index in [2.05, 4.69) is 10.2 Å². The molecular formula is C16H19FN2O2. The van der Waals surface area contributed by atoms with E-state index in [1.54, 1.807) is 18.3 Å². The Labute approximate surface area is 123 Å². The second-order valence-corrected chi connectivity index (χ2v) is 5.51. The molecule has 1 atom stereocenters. The summed E-state index contributed by atoms with van der Waals surface area (Å²) in [5.74, 6) is 0.201. The number of nitrogens with zero attached hydrogens (tertiary/aromatic N) is 1. The molecule has 2 aromatic rings. The van der Waals surface area contributed by atoms with E-state index in [0.29, 0.717) is 12.3 Å². The minimum Gasteiger partial charge on any atom is -0.388 e. The van der Waals surface area contributed by atoms with Crippen LogP contribution in [0.2, 0.25) is 0 Å². The average Bonchev–Trinajstić information content (AvgIpc) is 2.98. The third-order valence-electron chi connectivity index (χ3n) is 4.06. The molecule has 1 saturated heterocycles. The highest BCUT2D eigenvalue weighted by Crippen LogP contribution is 2.32. The lowest BCUT2D eigenvalue weighted by atomic mass is 9.90. The van der Waals surface area contributed by atoms with Crippen LogP contribution < -0.4 is 0 Å². The number of hydrogen-bond donors (Lipinski definition) is 2. The van der Waals surface area contributed by atoms with E-state index >= 15 is 0 Å². The Morgan fingerprint density at radius 3 is 2.71 bits per heavy atom. The van der Waals surface area contributed by atoms with Gasteiger partial charge in [-0.1, -0.05) is 0 Å². The summed E-state index contributed by atoms with van der Waals surface area (Å²) in [6.45, 7) is 1.54. The lowest BCUT2D eigenvalue weighted by Gasteiger charge is -2.24. The van der Waals surface area contributed by atoms with Crippen molar-refractivity contribution >= 4 is 0 Å². The zero-order valence-corrected chi connectivity index (χ0v) is 11.8. The fourth-order valence-electron chi connectivity index (χ4n) is 2.82. The lowest BCUT2D eigenvalue weighted by Crippen LogP contribution is -2.18. The molecule has 1 unspecified atom stereocenters. The van der Waals surface area contributed by atoms with E-state index in [1.165, 1.54) is 12.1 Å². The number of aliphatic hydroxyl groups excluding tert-OH is 1. The van der Waals surface area contributed by atoms with Gasteiger partial charge in [0.1, 0.15) is 5.82 Å². The van der Waals surface area contributed by atoms with Gasteiger partial charge in [-0.2, -0.15) is 5.10 Å². The van der Waals surface area contributed by atoms with Gasteiger partial charge in [0.05, 0.1) is 18.0 Å². The van der Waals surface area contributed by atoms with Crippen LogP contribution in [0.3, 0.4) is 0 Å². The summed E-state index contributed by atoms with van der Waals surface area (Å²) in [5.41, 5.74) is 2.36. The summed E-state index contributed by atoms with van der Waals surface area (Å²) in [5, 5.41) is 17.4. The summed E-state index contributed by atoms with van der Waals surface area (Å²) in [6, 6.07) is 6.19. The van der Waals surface area contributed by atoms with Crippen molar-refractivity contribution in [2.75, 3.05) is 13.2 Å². The van der Waals surface area contributed by atoms with Gasteiger partial charge in [-0.15, -0.1) is 0 Å². The normalized spacial score (nSPS) is 17.8. The van der Waals surface area contributed by atoms with Gasteiger partial charge in [-0.3, -0.25) is 5.10 Å². The SMILES string of the molecule is OC(CC1CCOCC1)c1cn[nH]c1-c1ccc(F)cc1. The van der Waals surface area contributed by atoms with Crippen LogP contribution in [0.25, 0.3) is 11.3 Å². The third kappa shape index (κ3) is 3.31. The molecule has 112 valence electrons. The molecule has 1 aromatic heterocycles. The van der Waals surface area contributed by atoms with E-state index in [4.69, 9.17) is 4.74 Å². The predicted octanol–water partition coefficient (Wildman–Crippen LogP) is 3.07. The number of aliphatic hydroxyl groups is 1. The Hall–Kier alpha value is -1.72. The maximum Gasteiger partial charge on any atom is 0.123 e. The molecule has 21 heavy (non-hydrogen) atoms. The molecule has 1 aliphatic heterocycles.